The molecule has 1 aromatic carbocycles. The Morgan fingerprint density at radius 1 is 1.43 bits per heavy atom. The summed E-state index contributed by atoms with van der Waals surface area (Å²) in [6.45, 7) is 0.874. The molecule has 0 saturated heterocycles. The summed E-state index contributed by atoms with van der Waals surface area (Å²) in [5, 5.41) is 21.3. The third-order valence-electron chi connectivity index (χ3n) is 2.39. The van der Waals surface area contributed by atoms with Gasteiger partial charge in [-0.3, -0.25) is 0 Å². The molecule has 14 heavy (non-hydrogen) atoms. The smallest absolute Gasteiger partial charge is 0.339 e. The lowest BCUT2D eigenvalue weighted by Crippen LogP contribution is -2.12. The van der Waals surface area contributed by atoms with Crippen molar-refractivity contribution in [3.05, 3.63) is 23.3 Å². The highest BCUT2D eigenvalue weighted by molar-refractivity contribution is 5.92. The van der Waals surface area contributed by atoms with Crippen molar-refractivity contribution in [2.24, 2.45) is 0 Å². The summed E-state index contributed by atoms with van der Waals surface area (Å²) in [7, 11) is 0. The van der Waals surface area contributed by atoms with E-state index in [1.54, 1.807) is 6.07 Å². The molecule has 2 rings (SSSR count). The van der Waals surface area contributed by atoms with Crippen molar-refractivity contribution in [3.63, 3.8) is 0 Å². The molecule has 1 aliphatic heterocycles. The Bertz CT molecular complexity index is 387. The highest BCUT2D eigenvalue weighted by Crippen LogP contribution is 2.29. The number of anilines is 1. The van der Waals surface area contributed by atoms with Crippen LogP contribution in [0.25, 0.3) is 0 Å². The number of aromatic hydroxyl groups is 1. The van der Waals surface area contributed by atoms with E-state index in [0.717, 1.165) is 30.6 Å². The Balaban J connectivity index is 2.50. The number of carbonyl (C=O) groups is 1. The molecule has 4 nitrogen and oxygen atoms in total. The number of fused-ring (bicyclic) bond motifs is 1. The van der Waals surface area contributed by atoms with Gasteiger partial charge in [0.15, 0.2) is 0 Å². The van der Waals surface area contributed by atoms with Gasteiger partial charge in [0, 0.05) is 18.3 Å². The zero-order valence-corrected chi connectivity index (χ0v) is 7.58. The number of hydrogen-bond acceptors (Lipinski definition) is 3. The maximum absolute atomic E-state index is 10.7. The molecule has 1 aliphatic rings. The molecule has 0 aromatic heterocycles. The Labute approximate surface area is 81.2 Å². The number of carboxylic acid groups (broad SMARTS) is 1. The van der Waals surface area contributed by atoms with Crippen LogP contribution in [0.1, 0.15) is 22.3 Å². The lowest BCUT2D eigenvalue weighted by atomic mass is 10.00. The number of rotatable bonds is 1. The Hall–Kier alpha value is -1.71. The summed E-state index contributed by atoms with van der Waals surface area (Å²) in [4.78, 5) is 10.7. The SMILES string of the molecule is O=C(O)c1cc2c(cc1O)NCCC2. The van der Waals surface area contributed by atoms with Crippen molar-refractivity contribution in [3.8, 4) is 5.75 Å². The Morgan fingerprint density at radius 3 is 2.93 bits per heavy atom. The van der Waals surface area contributed by atoms with Gasteiger partial charge in [0.05, 0.1) is 0 Å². The lowest BCUT2D eigenvalue weighted by Gasteiger charge is -2.18. The van der Waals surface area contributed by atoms with E-state index in [1.807, 2.05) is 0 Å². The predicted molar refractivity (Wildman–Crippen MR) is 51.9 cm³/mol. The van der Waals surface area contributed by atoms with Crippen LogP contribution in [0.5, 0.6) is 5.75 Å². The first kappa shape index (κ1) is 8.87. The summed E-state index contributed by atoms with van der Waals surface area (Å²) < 4.78 is 0. The molecular weight excluding hydrogens is 182 g/mol. The predicted octanol–water partition coefficient (Wildman–Crippen LogP) is 1.45. The van der Waals surface area contributed by atoms with Crippen LogP contribution < -0.4 is 5.32 Å². The summed E-state index contributed by atoms with van der Waals surface area (Å²) in [5.41, 5.74) is 1.79. The van der Waals surface area contributed by atoms with E-state index in [-0.39, 0.29) is 11.3 Å². The van der Waals surface area contributed by atoms with Gasteiger partial charge in [-0.05, 0) is 24.5 Å². The van der Waals surface area contributed by atoms with E-state index in [9.17, 15) is 9.90 Å². The van der Waals surface area contributed by atoms with Crippen LogP contribution in [0.4, 0.5) is 5.69 Å². The van der Waals surface area contributed by atoms with Crippen LogP contribution in [-0.4, -0.2) is 22.7 Å². The number of carboxylic acids is 1. The van der Waals surface area contributed by atoms with Crippen molar-refractivity contribution in [1.29, 1.82) is 0 Å². The molecule has 0 saturated carbocycles. The van der Waals surface area contributed by atoms with E-state index < -0.39 is 5.97 Å². The van der Waals surface area contributed by atoms with Gasteiger partial charge < -0.3 is 15.5 Å². The number of phenols is 1. The molecular formula is C10H11NO3. The molecule has 0 radical (unpaired) electrons. The lowest BCUT2D eigenvalue weighted by molar-refractivity contribution is 0.0693. The minimum atomic E-state index is -1.09. The third-order valence-corrected chi connectivity index (χ3v) is 2.39. The van der Waals surface area contributed by atoms with Gasteiger partial charge in [-0.25, -0.2) is 4.79 Å². The molecule has 1 heterocycles. The molecule has 0 bridgehead atoms. The third kappa shape index (κ3) is 1.39. The first-order chi connectivity index (χ1) is 6.68. The number of aromatic carboxylic acids is 1. The van der Waals surface area contributed by atoms with Gasteiger partial charge in [0.1, 0.15) is 11.3 Å². The summed E-state index contributed by atoms with van der Waals surface area (Å²) in [6, 6.07) is 3.02. The number of hydrogen-bond donors (Lipinski definition) is 3. The van der Waals surface area contributed by atoms with Crippen LogP contribution in [0.2, 0.25) is 0 Å². The molecule has 0 spiro atoms. The van der Waals surface area contributed by atoms with Crippen LogP contribution in [0, 0.1) is 0 Å². The monoisotopic (exact) mass is 193 g/mol. The molecule has 4 heteroatoms. The van der Waals surface area contributed by atoms with E-state index >= 15 is 0 Å². The fourth-order valence-corrected chi connectivity index (χ4v) is 1.68. The van der Waals surface area contributed by atoms with Crippen molar-refractivity contribution >= 4 is 11.7 Å². The number of nitrogens with one attached hydrogen (secondary N) is 1. The first-order valence-corrected chi connectivity index (χ1v) is 4.51. The summed E-state index contributed by atoms with van der Waals surface area (Å²) >= 11 is 0. The van der Waals surface area contributed by atoms with Crippen LogP contribution in [0.15, 0.2) is 12.1 Å². The van der Waals surface area contributed by atoms with Gasteiger partial charge in [0.25, 0.3) is 0 Å². The molecule has 74 valence electrons. The van der Waals surface area contributed by atoms with E-state index in [1.165, 1.54) is 6.07 Å². The first-order valence-electron chi connectivity index (χ1n) is 4.51. The largest absolute Gasteiger partial charge is 0.507 e. The van der Waals surface area contributed by atoms with Crippen LogP contribution in [0.3, 0.4) is 0 Å². The van der Waals surface area contributed by atoms with Gasteiger partial charge in [-0.2, -0.15) is 0 Å². The molecule has 0 amide bonds. The van der Waals surface area contributed by atoms with Crippen molar-refractivity contribution < 1.29 is 15.0 Å². The van der Waals surface area contributed by atoms with Crippen LogP contribution in [-0.2, 0) is 6.42 Å². The Kier molecular flexibility index (Phi) is 2.04. The number of benzene rings is 1. The fraction of sp³-hybridized carbons (Fsp3) is 0.300. The highest BCUT2D eigenvalue weighted by atomic mass is 16.4. The standard InChI is InChI=1S/C10H11NO3/c12-9-5-8-6(2-1-3-11-8)4-7(9)10(13)14/h4-5,11-12H,1-3H2,(H,13,14). The maximum Gasteiger partial charge on any atom is 0.339 e. The molecule has 3 N–H and O–H groups in total. The Morgan fingerprint density at radius 2 is 2.21 bits per heavy atom. The second kappa shape index (κ2) is 3.21. The van der Waals surface area contributed by atoms with Crippen LogP contribution >= 0.6 is 0 Å². The van der Waals surface area contributed by atoms with Crippen molar-refractivity contribution in [2.45, 2.75) is 12.8 Å². The molecule has 0 fully saturated rings. The number of aryl methyl sites for hydroxylation is 1. The molecule has 0 unspecified atom stereocenters. The minimum absolute atomic E-state index is 0.0209. The summed E-state index contributed by atoms with van der Waals surface area (Å²) in [5.74, 6) is -1.26. The quantitative estimate of drug-likeness (QED) is 0.631. The van der Waals surface area contributed by atoms with Gasteiger partial charge in [-0.1, -0.05) is 0 Å². The van der Waals surface area contributed by atoms with E-state index in [2.05, 4.69) is 5.32 Å². The van der Waals surface area contributed by atoms with E-state index in [4.69, 9.17) is 5.11 Å². The zero-order valence-electron chi connectivity index (χ0n) is 7.58. The molecule has 0 atom stereocenters. The maximum atomic E-state index is 10.7. The highest BCUT2D eigenvalue weighted by Gasteiger charge is 2.16. The topological polar surface area (TPSA) is 69.6 Å². The van der Waals surface area contributed by atoms with Gasteiger partial charge in [0.2, 0.25) is 0 Å². The molecule has 0 aliphatic carbocycles. The second-order valence-electron chi connectivity index (χ2n) is 3.36. The zero-order chi connectivity index (χ0) is 10.1. The minimum Gasteiger partial charge on any atom is -0.507 e. The van der Waals surface area contributed by atoms with Crippen molar-refractivity contribution in [2.75, 3.05) is 11.9 Å². The van der Waals surface area contributed by atoms with E-state index in [0.29, 0.717) is 0 Å². The summed E-state index contributed by atoms with van der Waals surface area (Å²) in [6.07, 6.45) is 1.86. The average molecular weight is 193 g/mol. The molecule has 1 aromatic rings. The van der Waals surface area contributed by atoms with Gasteiger partial charge in [-0.15, -0.1) is 0 Å². The second-order valence-corrected chi connectivity index (χ2v) is 3.36. The fourth-order valence-electron chi connectivity index (χ4n) is 1.68. The normalized spacial score (nSPS) is 14.3. The van der Waals surface area contributed by atoms with Crippen molar-refractivity contribution in [1.82, 2.24) is 0 Å². The average Bonchev–Trinajstić information content (AvgIpc) is 2.16. The van der Waals surface area contributed by atoms with Gasteiger partial charge >= 0.3 is 5.97 Å².